The summed E-state index contributed by atoms with van der Waals surface area (Å²) in [7, 11) is 0. The van der Waals surface area contributed by atoms with E-state index in [4.69, 9.17) is 4.42 Å². The maximum absolute atomic E-state index is 12.6. The molecule has 1 aromatic heterocycles. The number of hydrogen-bond acceptors (Lipinski definition) is 3. The van der Waals surface area contributed by atoms with Gasteiger partial charge in [-0.25, -0.2) is 0 Å². The summed E-state index contributed by atoms with van der Waals surface area (Å²) in [5.41, 5.74) is -0.471. The van der Waals surface area contributed by atoms with Crippen molar-refractivity contribution in [1.82, 2.24) is 10.6 Å². The third kappa shape index (κ3) is 4.87. The van der Waals surface area contributed by atoms with Gasteiger partial charge in [-0.15, -0.1) is 0 Å². The zero-order valence-corrected chi connectivity index (χ0v) is 11.8. The second kappa shape index (κ2) is 6.99. The van der Waals surface area contributed by atoms with Crippen LogP contribution in [-0.4, -0.2) is 18.4 Å². The van der Waals surface area contributed by atoms with Gasteiger partial charge in [-0.3, -0.25) is 9.59 Å². The third-order valence-electron chi connectivity index (χ3n) is 2.90. The SMILES string of the molecule is O=C(CNC(=O)c1ccco1)NCc1cccc(C(F)(F)F)c1. The van der Waals surface area contributed by atoms with Gasteiger partial charge in [-0.2, -0.15) is 13.2 Å². The summed E-state index contributed by atoms with van der Waals surface area (Å²) in [6.07, 6.45) is -3.11. The first-order chi connectivity index (χ1) is 10.9. The van der Waals surface area contributed by atoms with E-state index in [1.54, 1.807) is 0 Å². The average Bonchev–Trinajstić information content (AvgIpc) is 3.04. The smallest absolute Gasteiger partial charge is 0.416 e. The highest BCUT2D eigenvalue weighted by molar-refractivity contribution is 5.94. The number of alkyl halides is 3. The number of carbonyl (C=O) groups is 2. The monoisotopic (exact) mass is 326 g/mol. The number of carbonyl (C=O) groups excluding carboxylic acids is 2. The molecular formula is C15H13F3N2O3. The van der Waals surface area contributed by atoms with E-state index in [2.05, 4.69) is 10.6 Å². The highest BCUT2D eigenvalue weighted by atomic mass is 19.4. The lowest BCUT2D eigenvalue weighted by molar-refractivity contribution is -0.137. The first-order valence-electron chi connectivity index (χ1n) is 6.61. The molecular weight excluding hydrogens is 313 g/mol. The Morgan fingerprint density at radius 3 is 2.52 bits per heavy atom. The zero-order valence-electron chi connectivity index (χ0n) is 11.8. The largest absolute Gasteiger partial charge is 0.459 e. The lowest BCUT2D eigenvalue weighted by Crippen LogP contribution is -2.36. The van der Waals surface area contributed by atoms with E-state index in [0.717, 1.165) is 12.1 Å². The summed E-state index contributed by atoms with van der Waals surface area (Å²) >= 11 is 0. The summed E-state index contributed by atoms with van der Waals surface area (Å²) in [6, 6.07) is 7.62. The van der Waals surface area contributed by atoms with Crippen LogP contribution in [0.1, 0.15) is 21.7 Å². The quantitative estimate of drug-likeness (QED) is 0.886. The topological polar surface area (TPSA) is 71.3 Å². The summed E-state index contributed by atoms with van der Waals surface area (Å²) < 4.78 is 42.6. The van der Waals surface area contributed by atoms with Crippen LogP contribution in [0.2, 0.25) is 0 Å². The molecule has 0 atom stereocenters. The molecule has 2 N–H and O–H groups in total. The van der Waals surface area contributed by atoms with Gasteiger partial charge in [-0.05, 0) is 29.8 Å². The lowest BCUT2D eigenvalue weighted by atomic mass is 10.1. The van der Waals surface area contributed by atoms with Crippen molar-refractivity contribution in [3.63, 3.8) is 0 Å². The van der Waals surface area contributed by atoms with Crippen molar-refractivity contribution in [3.05, 3.63) is 59.5 Å². The Hall–Kier alpha value is -2.77. The summed E-state index contributed by atoms with van der Waals surface area (Å²) in [6.45, 7) is -0.377. The van der Waals surface area contributed by atoms with Crippen LogP contribution in [0.4, 0.5) is 13.2 Å². The molecule has 0 spiro atoms. The molecule has 0 saturated carbocycles. The molecule has 0 unspecified atom stereocenters. The highest BCUT2D eigenvalue weighted by Gasteiger charge is 2.30. The second-order valence-electron chi connectivity index (χ2n) is 4.63. The predicted molar refractivity (Wildman–Crippen MR) is 74.3 cm³/mol. The van der Waals surface area contributed by atoms with Crippen molar-refractivity contribution in [2.45, 2.75) is 12.7 Å². The predicted octanol–water partition coefficient (Wildman–Crippen LogP) is 2.34. The molecule has 2 amide bonds. The van der Waals surface area contributed by atoms with E-state index in [0.29, 0.717) is 5.56 Å². The number of amides is 2. The van der Waals surface area contributed by atoms with Crippen LogP contribution in [-0.2, 0) is 17.5 Å². The Labute approximate surface area is 129 Å². The fourth-order valence-corrected chi connectivity index (χ4v) is 1.78. The van der Waals surface area contributed by atoms with Crippen LogP contribution in [0.5, 0.6) is 0 Å². The van der Waals surface area contributed by atoms with E-state index in [-0.39, 0.29) is 18.8 Å². The fraction of sp³-hybridized carbons (Fsp3) is 0.200. The Balaban J connectivity index is 1.82. The second-order valence-corrected chi connectivity index (χ2v) is 4.63. The van der Waals surface area contributed by atoms with Gasteiger partial charge >= 0.3 is 6.18 Å². The number of hydrogen-bond donors (Lipinski definition) is 2. The number of rotatable bonds is 5. The van der Waals surface area contributed by atoms with Crippen molar-refractivity contribution >= 4 is 11.8 Å². The molecule has 0 radical (unpaired) electrons. The van der Waals surface area contributed by atoms with Crippen molar-refractivity contribution in [3.8, 4) is 0 Å². The normalized spacial score (nSPS) is 11.1. The van der Waals surface area contributed by atoms with Gasteiger partial charge in [0.15, 0.2) is 5.76 Å². The van der Waals surface area contributed by atoms with E-state index in [1.807, 2.05) is 0 Å². The molecule has 0 aliphatic carbocycles. The Kier molecular flexibility index (Phi) is 5.05. The summed E-state index contributed by atoms with van der Waals surface area (Å²) in [5.74, 6) is -1.01. The molecule has 0 bridgehead atoms. The lowest BCUT2D eigenvalue weighted by Gasteiger charge is -2.10. The fourth-order valence-electron chi connectivity index (χ4n) is 1.78. The van der Waals surface area contributed by atoms with E-state index >= 15 is 0 Å². The Morgan fingerprint density at radius 1 is 1.09 bits per heavy atom. The molecule has 1 heterocycles. The number of benzene rings is 1. The molecule has 8 heteroatoms. The molecule has 2 rings (SSSR count). The van der Waals surface area contributed by atoms with Gasteiger partial charge in [-0.1, -0.05) is 12.1 Å². The van der Waals surface area contributed by atoms with E-state index in [9.17, 15) is 22.8 Å². The summed E-state index contributed by atoms with van der Waals surface area (Å²) in [4.78, 5) is 23.1. The van der Waals surface area contributed by atoms with Crippen LogP contribution in [0.3, 0.4) is 0 Å². The standard InChI is InChI=1S/C15H13F3N2O3/c16-15(17,18)11-4-1-3-10(7-11)8-19-13(21)9-20-14(22)12-5-2-6-23-12/h1-7H,8-9H2,(H,19,21)(H,20,22). The van der Waals surface area contributed by atoms with Crippen molar-refractivity contribution in [2.24, 2.45) is 0 Å². The number of nitrogens with one attached hydrogen (secondary N) is 2. The molecule has 0 aliphatic rings. The number of halogens is 3. The molecule has 0 aliphatic heterocycles. The van der Waals surface area contributed by atoms with Crippen LogP contribution < -0.4 is 10.6 Å². The maximum Gasteiger partial charge on any atom is 0.416 e. The van der Waals surface area contributed by atoms with Crippen molar-refractivity contribution in [2.75, 3.05) is 6.54 Å². The molecule has 1 aromatic carbocycles. The molecule has 5 nitrogen and oxygen atoms in total. The molecule has 0 saturated heterocycles. The third-order valence-corrected chi connectivity index (χ3v) is 2.90. The minimum Gasteiger partial charge on any atom is -0.459 e. The minimum absolute atomic E-state index is 0.0654. The maximum atomic E-state index is 12.6. The molecule has 23 heavy (non-hydrogen) atoms. The minimum atomic E-state index is -4.43. The van der Waals surface area contributed by atoms with Crippen molar-refractivity contribution < 1.29 is 27.2 Å². The Morgan fingerprint density at radius 2 is 1.87 bits per heavy atom. The molecule has 122 valence electrons. The van der Waals surface area contributed by atoms with Crippen LogP contribution in [0.15, 0.2) is 47.1 Å². The highest BCUT2D eigenvalue weighted by Crippen LogP contribution is 2.29. The first-order valence-corrected chi connectivity index (χ1v) is 6.61. The molecule has 2 aromatic rings. The van der Waals surface area contributed by atoms with Gasteiger partial charge in [0.25, 0.3) is 5.91 Å². The average molecular weight is 326 g/mol. The van der Waals surface area contributed by atoms with Gasteiger partial charge in [0.2, 0.25) is 5.91 Å². The summed E-state index contributed by atoms with van der Waals surface area (Å²) in [5, 5.41) is 4.76. The van der Waals surface area contributed by atoms with Crippen LogP contribution in [0.25, 0.3) is 0 Å². The van der Waals surface area contributed by atoms with Gasteiger partial charge in [0, 0.05) is 6.54 Å². The number of furan rings is 1. The van der Waals surface area contributed by atoms with Gasteiger partial charge in [0.05, 0.1) is 18.4 Å². The van der Waals surface area contributed by atoms with E-state index in [1.165, 1.54) is 30.5 Å². The van der Waals surface area contributed by atoms with Gasteiger partial charge < -0.3 is 15.1 Å². The Bertz CT molecular complexity index is 682. The molecule has 0 fully saturated rings. The van der Waals surface area contributed by atoms with Crippen LogP contribution in [0, 0.1) is 0 Å². The first kappa shape index (κ1) is 16.6. The van der Waals surface area contributed by atoms with E-state index < -0.39 is 23.6 Å². The zero-order chi connectivity index (χ0) is 16.9. The van der Waals surface area contributed by atoms with Gasteiger partial charge in [0.1, 0.15) is 0 Å². The van der Waals surface area contributed by atoms with Crippen LogP contribution >= 0.6 is 0 Å². The van der Waals surface area contributed by atoms with Crippen molar-refractivity contribution in [1.29, 1.82) is 0 Å².